The average Bonchev–Trinajstić information content (AvgIpc) is 3.33. The van der Waals surface area contributed by atoms with Gasteiger partial charge in [0.15, 0.2) is 5.75 Å². The van der Waals surface area contributed by atoms with Crippen molar-refractivity contribution in [1.82, 2.24) is 9.24 Å². The number of methoxy groups -OCH3 is 1. The third-order valence-electron chi connectivity index (χ3n) is 5.94. The second-order valence-electron chi connectivity index (χ2n) is 7.88. The predicted molar refractivity (Wildman–Crippen MR) is 106 cm³/mol. The minimum Gasteiger partial charge on any atom is -0.492 e. The zero-order chi connectivity index (χ0) is 19.5. The molecule has 1 aromatic carbocycles. The molecular weight excluding hydrogens is 346 g/mol. The van der Waals surface area contributed by atoms with Crippen LogP contribution in [0.2, 0.25) is 0 Å². The van der Waals surface area contributed by atoms with Crippen LogP contribution in [0.4, 0.5) is 5.69 Å². The first-order valence-electron chi connectivity index (χ1n) is 9.49. The molecule has 4 rings (SSSR count). The van der Waals surface area contributed by atoms with E-state index >= 15 is 0 Å². The molecule has 2 fully saturated rings. The molecule has 0 amide bonds. The zero-order valence-electron chi connectivity index (χ0n) is 16.1. The molecule has 1 saturated carbocycles. The van der Waals surface area contributed by atoms with Crippen LogP contribution in [-0.4, -0.2) is 35.5 Å². The summed E-state index contributed by atoms with van der Waals surface area (Å²) in [4.78, 5) is 27.7. The van der Waals surface area contributed by atoms with Crippen LogP contribution in [0, 0.1) is 12.8 Å². The number of nitrogens with two attached hydrogens (primary N) is 2. The normalized spacial score (nSPS) is 21.0. The van der Waals surface area contributed by atoms with Crippen molar-refractivity contribution < 1.29 is 4.74 Å². The molecule has 2 unspecified atom stereocenters. The highest BCUT2D eigenvalue weighted by molar-refractivity contribution is 5.93. The van der Waals surface area contributed by atoms with E-state index < -0.39 is 11.2 Å². The molecule has 27 heavy (non-hydrogen) atoms. The van der Waals surface area contributed by atoms with Crippen molar-refractivity contribution in [3.05, 3.63) is 32.5 Å². The summed E-state index contributed by atoms with van der Waals surface area (Å²) in [6.07, 6.45) is 2.81. The smallest absolute Gasteiger partial charge is 0.350 e. The number of ether oxygens (including phenoxy) is 1. The molecule has 146 valence electrons. The van der Waals surface area contributed by atoms with Gasteiger partial charge < -0.3 is 21.2 Å². The van der Waals surface area contributed by atoms with Crippen molar-refractivity contribution in [3.63, 3.8) is 0 Å². The van der Waals surface area contributed by atoms with Gasteiger partial charge in [0, 0.05) is 25.2 Å². The van der Waals surface area contributed by atoms with E-state index in [9.17, 15) is 9.59 Å². The number of hydrogen-bond acceptors (Lipinski definition) is 6. The highest BCUT2D eigenvalue weighted by Gasteiger charge is 2.33. The van der Waals surface area contributed by atoms with E-state index in [1.165, 1.54) is 0 Å². The van der Waals surface area contributed by atoms with E-state index in [2.05, 4.69) is 4.90 Å². The Morgan fingerprint density at radius 3 is 2.52 bits per heavy atom. The number of aryl methyl sites for hydroxylation is 1. The Morgan fingerprint density at radius 2 is 1.96 bits per heavy atom. The Kier molecular flexibility index (Phi) is 4.18. The predicted octanol–water partition coefficient (Wildman–Crippen LogP) is 0.702. The van der Waals surface area contributed by atoms with Crippen molar-refractivity contribution in [2.75, 3.05) is 30.9 Å². The number of aromatic nitrogens is 2. The van der Waals surface area contributed by atoms with Crippen LogP contribution >= 0.6 is 0 Å². The summed E-state index contributed by atoms with van der Waals surface area (Å²) in [5.41, 5.74) is 7.40. The molecular formula is C19H27N5O3. The van der Waals surface area contributed by atoms with Crippen LogP contribution in [0.15, 0.2) is 15.7 Å². The molecule has 2 aliphatic rings. The molecule has 1 saturated heterocycles. The molecule has 4 N–H and O–H groups in total. The number of nitrogens with zero attached hydrogens (tertiary/aromatic N) is 3. The molecule has 2 aromatic rings. The molecule has 0 radical (unpaired) electrons. The van der Waals surface area contributed by atoms with Crippen LogP contribution in [-0.2, 0) is 0 Å². The van der Waals surface area contributed by atoms with E-state index in [4.69, 9.17) is 16.3 Å². The van der Waals surface area contributed by atoms with Gasteiger partial charge in [-0.25, -0.2) is 4.79 Å². The van der Waals surface area contributed by atoms with Crippen molar-refractivity contribution in [3.8, 4) is 5.75 Å². The fourth-order valence-electron chi connectivity index (χ4n) is 4.23. The summed E-state index contributed by atoms with van der Waals surface area (Å²) >= 11 is 0. The van der Waals surface area contributed by atoms with Crippen LogP contribution in [0.25, 0.3) is 10.9 Å². The van der Waals surface area contributed by atoms with Crippen LogP contribution in [0.3, 0.4) is 0 Å². The van der Waals surface area contributed by atoms with Gasteiger partial charge >= 0.3 is 5.69 Å². The Labute approximate surface area is 157 Å². The lowest BCUT2D eigenvalue weighted by molar-refractivity contribution is 0.415. The molecule has 0 bridgehead atoms. The number of fused-ring (bicyclic) bond motifs is 1. The van der Waals surface area contributed by atoms with E-state index in [-0.39, 0.29) is 12.1 Å². The zero-order valence-corrected chi connectivity index (χ0v) is 16.1. The number of benzene rings is 1. The molecule has 1 aliphatic heterocycles. The molecule has 2 heterocycles. The quantitative estimate of drug-likeness (QED) is 0.764. The summed E-state index contributed by atoms with van der Waals surface area (Å²) in [5, 5.41) is 0.451. The van der Waals surface area contributed by atoms with Crippen LogP contribution in [0.1, 0.15) is 37.8 Å². The summed E-state index contributed by atoms with van der Waals surface area (Å²) in [5.74, 6) is 6.77. The van der Waals surface area contributed by atoms with Gasteiger partial charge in [0.2, 0.25) is 0 Å². The van der Waals surface area contributed by atoms with Gasteiger partial charge in [-0.05, 0) is 50.7 Å². The van der Waals surface area contributed by atoms with Gasteiger partial charge in [0.25, 0.3) is 5.56 Å². The third-order valence-corrected chi connectivity index (χ3v) is 5.94. The highest BCUT2D eigenvalue weighted by Crippen LogP contribution is 2.43. The second-order valence-corrected chi connectivity index (χ2v) is 7.88. The van der Waals surface area contributed by atoms with Crippen LogP contribution < -0.4 is 32.5 Å². The van der Waals surface area contributed by atoms with Gasteiger partial charge in [0.1, 0.15) is 5.52 Å². The molecule has 8 heteroatoms. The Hall–Kier alpha value is -2.48. The van der Waals surface area contributed by atoms with Gasteiger partial charge in [-0.15, -0.1) is 0 Å². The van der Waals surface area contributed by atoms with Crippen molar-refractivity contribution in [1.29, 1.82) is 0 Å². The topological polar surface area (TPSA) is 109 Å². The minimum atomic E-state index is -0.486. The van der Waals surface area contributed by atoms with Gasteiger partial charge in [-0.2, -0.15) is 4.68 Å². The summed E-state index contributed by atoms with van der Waals surface area (Å²) in [6, 6.07) is 2.15. The maximum atomic E-state index is 12.8. The largest absolute Gasteiger partial charge is 0.492 e. The standard InChI is InChI=1S/C19H27N5O3/c1-10-8-14(22-7-6-12(9-22)11(2)20)17(27-3)16-15(10)18(25)24(21)19(26)23(16)13-4-5-13/h8,11-13H,4-7,9,20-21H2,1-3H3. The second kappa shape index (κ2) is 6.30. The fourth-order valence-corrected chi connectivity index (χ4v) is 4.23. The fraction of sp³-hybridized carbons (Fsp3) is 0.579. The maximum absolute atomic E-state index is 12.8. The van der Waals surface area contributed by atoms with E-state index in [1.807, 2.05) is 19.9 Å². The summed E-state index contributed by atoms with van der Waals surface area (Å²) < 4.78 is 8.13. The first-order chi connectivity index (χ1) is 12.8. The summed E-state index contributed by atoms with van der Waals surface area (Å²) in [7, 11) is 1.59. The van der Waals surface area contributed by atoms with Crippen molar-refractivity contribution in [2.24, 2.45) is 11.7 Å². The lowest BCUT2D eigenvalue weighted by Crippen LogP contribution is -2.44. The average molecular weight is 373 g/mol. The van der Waals surface area contributed by atoms with E-state index in [0.29, 0.717) is 22.6 Å². The monoisotopic (exact) mass is 373 g/mol. The first kappa shape index (κ1) is 17.9. The molecule has 8 nitrogen and oxygen atoms in total. The number of hydrogen-bond donors (Lipinski definition) is 2. The molecule has 2 atom stereocenters. The van der Waals surface area contributed by atoms with Crippen molar-refractivity contribution >= 4 is 16.6 Å². The number of anilines is 1. The Balaban J connectivity index is 2.01. The molecule has 0 spiro atoms. The SMILES string of the molecule is COc1c(N2CCC(C(C)N)C2)cc(C)c2c(=O)n(N)c(=O)n(C3CC3)c12. The van der Waals surface area contributed by atoms with E-state index in [1.54, 1.807) is 11.7 Å². The lowest BCUT2D eigenvalue weighted by Gasteiger charge is -2.25. The minimum absolute atomic E-state index is 0.0642. The highest BCUT2D eigenvalue weighted by atomic mass is 16.5. The first-order valence-corrected chi connectivity index (χ1v) is 9.49. The maximum Gasteiger partial charge on any atom is 0.350 e. The molecule has 1 aliphatic carbocycles. The van der Waals surface area contributed by atoms with Gasteiger partial charge in [-0.1, -0.05) is 0 Å². The van der Waals surface area contributed by atoms with Gasteiger partial charge in [0.05, 0.1) is 18.2 Å². The van der Waals surface area contributed by atoms with Crippen LogP contribution in [0.5, 0.6) is 5.75 Å². The number of rotatable bonds is 4. The Morgan fingerprint density at radius 1 is 1.26 bits per heavy atom. The van der Waals surface area contributed by atoms with Gasteiger partial charge in [-0.3, -0.25) is 9.36 Å². The Bertz CT molecular complexity index is 1020. The summed E-state index contributed by atoms with van der Waals surface area (Å²) in [6.45, 7) is 5.62. The number of nitrogen functional groups attached to an aromatic ring is 1. The third kappa shape index (κ3) is 2.70. The lowest BCUT2D eigenvalue weighted by atomic mass is 10.0. The van der Waals surface area contributed by atoms with Crippen molar-refractivity contribution in [2.45, 2.75) is 45.2 Å². The molecule has 1 aromatic heterocycles. The van der Waals surface area contributed by atoms with E-state index in [0.717, 1.165) is 48.3 Å².